The molecule has 0 aliphatic carbocycles. The Morgan fingerprint density at radius 1 is 0.808 bits per heavy atom. The molecule has 26 heavy (non-hydrogen) atoms. The van der Waals surface area contributed by atoms with Crippen molar-refractivity contribution in [3.63, 3.8) is 0 Å². The topological polar surface area (TPSA) is 9.23 Å². The van der Waals surface area contributed by atoms with Crippen LogP contribution in [0.25, 0.3) is 0 Å². The molecule has 3 aromatic rings. The molecule has 1 nitrogen and oxygen atoms in total. The van der Waals surface area contributed by atoms with Crippen molar-refractivity contribution in [1.29, 1.82) is 0 Å². The fourth-order valence-corrected chi connectivity index (χ4v) is 4.14. The molecule has 0 aliphatic heterocycles. The average molecular weight is 365 g/mol. The quantitative estimate of drug-likeness (QED) is 0.421. The highest BCUT2D eigenvalue weighted by molar-refractivity contribution is 6.26. The molecule has 0 aliphatic rings. The molecule has 3 rings (SSSR count). The van der Waals surface area contributed by atoms with Gasteiger partial charge in [0.2, 0.25) is 0 Å². The molecule has 0 spiro atoms. The van der Waals surface area contributed by atoms with E-state index in [0.717, 1.165) is 29.7 Å². The number of ether oxygens (including phenoxy) is 1. The molecule has 2 atom stereocenters. The van der Waals surface area contributed by atoms with Crippen molar-refractivity contribution in [1.82, 2.24) is 0 Å². The highest BCUT2D eigenvalue weighted by Gasteiger charge is 2.40. The number of alkyl halides is 1. The van der Waals surface area contributed by atoms with Gasteiger partial charge >= 0.3 is 0 Å². The summed E-state index contributed by atoms with van der Waals surface area (Å²) in [6.07, 6.45) is 2.07. The zero-order valence-corrected chi connectivity index (χ0v) is 16.1. The van der Waals surface area contributed by atoms with Gasteiger partial charge in [0.15, 0.2) is 0 Å². The van der Waals surface area contributed by atoms with Gasteiger partial charge in [0.25, 0.3) is 0 Å². The van der Waals surface area contributed by atoms with Gasteiger partial charge in [-0.3, -0.25) is 0 Å². The number of hydrogen-bond acceptors (Lipinski definition) is 1. The van der Waals surface area contributed by atoms with Crippen LogP contribution in [0.1, 0.15) is 42.4 Å². The number of methoxy groups -OCH3 is 1. The van der Waals surface area contributed by atoms with Gasteiger partial charge in [0.05, 0.1) is 7.11 Å². The van der Waals surface area contributed by atoms with Crippen molar-refractivity contribution < 1.29 is 4.74 Å². The predicted molar refractivity (Wildman–Crippen MR) is 110 cm³/mol. The van der Waals surface area contributed by atoms with Gasteiger partial charge in [-0.2, -0.15) is 0 Å². The van der Waals surface area contributed by atoms with E-state index in [-0.39, 0.29) is 5.92 Å². The lowest BCUT2D eigenvalue weighted by molar-refractivity contribution is 0.414. The molecule has 0 heterocycles. The third-order valence-electron chi connectivity index (χ3n) is 4.96. The maximum absolute atomic E-state index is 7.52. The van der Waals surface area contributed by atoms with Gasteiger partial charge in [0, 0.05) is 5.92 Å². The summed E-state index contributed by atoms with van der Waals surface area (Å²) in [4.78, 5) is -0.634. The summed E-state index contributed by atoms with van der Waals surface area (Å²) >= 11 is 7.52. The van der Waals surface area contributed by atoms with Crippen molar-refractivity contribution >= 4 is 11.6 Å². The highest BCUT2D eigenvalue weighted by atomic mass is 35.5. The molecular weight excluding hydrogens is 340 g/mol. The van der Waals surface area contributed by atoms with E-state index in [1.807, 2.05) is 18.2 Å². The van der Waals surface area contributed by atoms with Crippen LogP contribution in [0.2, 0.25) is 0 Å². The van der Waals surface area contributed by atoms with E-state index in [1.54, 1.807) is 7.11 Å². The van der Waals surface area contributed by atoms with E-state index >= 15 is 0 Å². The van der Waals surface area contributed by atoms with Crippen molar-refractivity contribution in [2.24, 2.45) is 0 Å². The number of halogens is 1. The number of hydrogen-bond donors (Lipinski definition) is 0. The number of benzene rings is 3. The van der Waals surface area contributed by atoms with Gasteiger partial charge < -0.3 is 4.74 Å². The van der Waals surface area contributed by atoms with Gasteiger partial charge in [-0.05, 0) is 35.2 Å². The van der Waals surface area contributed by atoms with Gasteiger partial charge in [-0.1, -0.05) is 86.1 Å². The summed E-state index contributed by atoms with van der Waals surface area (Å²) in [5.74, 6) is 1.01. The van der Waals surface area contributed by atoms with Gasteiger partial charge in [-0.25, -0.2) is 0 Å². The molecule has 0 bridgehead atoms. The standard InChI is InChI=1S/C24H25ClO/c1-3-10-23(19-11-6-4-7-12-19)24(25,20-13-8-5-9-14-20)21-15-17-22(26-2)18-16-21/h4-9,11-18,23H,3,10H2,1-2H3. The van der Waals surface area contributed by atoms with Crippen LogP contribution in [0, 0.1) is 0 Å². The summed E-state index contributed by atoms with van der Waals surface area (Å²) in [6, 6.07) is 29.2. The van der Waals surface area contributed by atoms with Crippen LogP contribution in [-0.4, -0.2) is 7.11 Å². The Kier molecular flexibility index (Phi) is 6.00. The van der Waals surface area contributed by atoms with E-state index in [2.05, 4.69) is 73.7 Å². The first-order valence-electron chi connectivity index (χ1n) is 9.14. The Balaban J connectivity index is 2.18. The summed E-state index contributed by atoms with van der Waals surface area (Å²) in [5.41, 5.74) is 3.48. The normalized spacial score (nSPS) is 14.4. The zero-order chi connectivity index (χ0) is 18.4. The second kappa shape index (κ2) is 8.42. The van der Waals surface area contributed by atoms with Gasteiger partial charge in [-0.15, -0.1) is 11.6 Å². The van der Waals surface area contributed by atoms with Crippen LogP contribution in [0.4, 0.5) is 0 Å². The molecular formula is C24H25ClO. The predicted octanol–water partition coefficient (Wildman–Crippen LogP) is 6.76. The number of rotatable bonds is 7. The first-order chi connectivity index (χ1) is 12.7. The SMILES string of the molecule is CCCC(c1ccccc1)C(Cl)(c1ccccc1)c1ccc(OC)cc1. The summed E-state index contributed by atoms with van der Waals surface area (Å²) in [7, 11) is 1.68. The molecule has 0 N–H and O–H groups in total. The zero-order valence-electron chi connectivity index (χ0n) is 15.4. The summed E-state index contributed by atoms with van der Waals surface area (Å²) in [5, 5.41) is 0. The average Bonchev–Trinajstić information content (AvgIpc) is 2.73. The maximum Gasteiger partial charge on any atom is 0.118 e. The minimum absolute atomic E-state index is 0.172. The lowest BCUT2D eigenvalue weighted by Crippen LogP contribution is -2.29. The second-order valence-electron chi connectivity index (χ2n) is 6.56. The van der Waals surface area contributed by atoms with Crippen LogP contribution in [0.15, 0.2) is 84.9 Å². The fourth-order valence-electron chi connectivity index (χ4n) is 3.65. The lowest BCUT2D eigenvalue weighted by atomic mass is 9.74. The molecule has 2 unspecified atom stereocenters. The molecule has 2 heteroatoms. The largest absolute Gasteiger partial charge is 0.497 e. The molecule has 0 saturated heterocycles. The first kappa shape index (κ1) is 18.5. The van der Waals surface area contributed by atoms with E-state index in [4.69, 9.17) is 16.3 Å². The van der Waals surface area contributed by atoms with Crippen LogP contribution >= 0.6 is 11.6 Å². The summed E-state index contributed by atoms with van der Waals surface area (Å²) in [6.45, 7) is 2.21. The third-order valence-corrected chi connectivity index (χ3v) is 5.66. The van der Waals surface area contributed by atoms with Crippen molar-refractivity contribution in [2.75, 3.05) is 7.11 Å². The molecule has 0 amide bonds. The van der Waals surface area contributed by atoms with E-state index < -0.39 is 4.87 Å². The fraction of sp³-hybridized carbons (Fsp3) is 0.250. The molecule has 0 radical (unpaired) electrons. The monoisotopic (exact) mass is 364 g/mol. The van der Waals surface area contributed by atoms with E-state index in [0.29, 0.717) is 0 Å². The van der Waals surface area contributed by atoms with Crippen LogP contribution in [0.3, 0.4) is 0 Å². The van der Waals surface area contributed by atoms with Crippen molar-refractivity contribution in [3.8, 4) is 5.75 Å². The minimum Gasteiger partial charge on any atom is -0.497 e. The van der Waals surface area contributed by atoms with Crippen molar-refractivity contribution in [3.05, 3.63) is 102 Å². The first-order valence-corrected chi connectivity index (χ1v) is 9.51. The Bertz CT molecular complexity index is 799. The smallest absolute Gasteiger partial charge is 0.118 e. The Morgan fingerprint density at radius 2 is 1.35 bits per heavy atom. The van der Waals surface area contributed by atoms with Gasteiger partial charge in [0.1, 0.15) is 10.6 Å². The van der Waals surface area contributed by atoms with Crippen LogP contribution in [-0.2, 0) is 4.87 Å². The Hall–Kier alpha value is -2.25. The van der Waals surface area contributed by atoms with Crippen LogP contribution in [0.5, 0.6) is 5.75 Å². The van der Waals surface area contributed by atoms with Crippen molar-refractivity contribution in [2.45, 2.75) is 30.6 Å². The Labute approximate surface area is 161 Å². The minimum atomic E-state index is -0.634. The van der Waals surface area contributed by atoms with E-state index in [9.17, 15) is 0 Å². The molecule has 134 valence electrons. The summed E-state index contributed by atoms with van der Waals surface area (Å²) < 4.78 is 5.34. The van der Waals surface area contributed by atoms with Crippen LogP contribution < -0.4 is 4.74 Å². The highest BCUT2D eigenvalue weighted by Crippen LogP contribution is 2.50. The molecule has 0 saturated carbocycles. The molecule has 0 fully saturated rings. The second-order valence-corrected chi connectivity index (χ2v) is 7.15. The molecule has 3 aromatic carbocycles. The third kappa shape index (κ3) is 3.64. The molecule has 0 aromatic heterocycles. The van der Waals surface area contributed by atoms with E-state index in [1.165, 1.54) is 5.56 Å². The lowest BCUT2D eigenvalue weighted by Gasteiger charge is -2.37. The Morgan fingerprint density at radius 3 is 1.88 bits per heavy atom. The maximum atomic E-state index is 7.52.